The third-order valence-electron chi connectivity index (χ3n) is 4.63. The van der Waals surface area contributed by atoms with Gasteiger partial charge in [0, 0.05) is 12.7 Å². The van der Waals surface area contributed by atoms with Crippen LogP contribution in [0.4, 0.5) is 4.39 Å². The first kappa shape index (κ1) is 20.7. The number of halogens is 1. The van der Waals surface area contributed by atoms with E-state index < -0.39 is 0 Å². The van der Waals surface area contributed by atoms with Crippen LogP contribution in [0.25, 0.3) is 16.6 Å². The van der Waals surface area contributed by atoms with Crippen LogP contribution in [-0.2, 0) is 11.2 Å². The van der Waals surface area contributed by atoms with E-state index in [9.17, 15) is 14.0 Å². The number of carbonyl (C=O) groups is 1. The van der Waals surface area contributed by atoms with Crippen LogP contribution in [0.15, 0.2) is 83.0 Å². The van der Waals surface area contributed by atoms with E-state index >= 15 is 0 Å². The minimum Gasteiger partial charge on any atom is -0.355 e. The number of hydrogen-bond donors (Lipinski definition) is 1. The van der Waals surface area contributed by atoms with Crippen LogP contribution in [0.2, 0.25) is 0 Å². The number of rotatable bonds is 7. The molecule has 0 bridgehead atoms. The second-order valence-corrected chi connectivity index (χ2v) is 7.72. The molecule has 2 aromatic heterocycles. The number of hydrogen-bond acceptors (Lipinski definition) is 5. The van der Waals surface area contributed by atoms with E-state index in [1.807, 2.05) is 6.07 Å². The van der Waals surface area contributed by atoms with Crippen molar-refractivity contribution in [3.05, 3.63) is 94.8 Å². The maximum absolute atomic E-state index is 13.1. The zero-order chi connectivity index (χ0) is 21.6. The van der Waals surface area contributed by atoms with E-state index in [0.717, 1.165) is 5.56 Å². The first-order chi connectivity index (χ1) is 15.1. The molecule has 0 aliphatic carbocycles. The van der Waals surface area contributed by atoms with Gasteiger partial charge in [-0.1, -0.05) is 36.0 Å². The van der Waals surface area contributed by atoms with Gasteiger partial charge in [-0.15, -0.1) is 0 Å². The Kier molecular flexibility index (Phi) is 6.37. The van der Waals surface area contributed by atoms with E-state index in [2.05, 4.69) is 15.3 Å². The lowest BCUT2D eigenvalue weighted by atomic mass is 10.1. The smallest absolute Gasteiger partial charge is 0.266 e. The second kappa shape index (κ2) is 9.53. The van der Waals surface area contributed by atoms with Gasteiger partial charge in [0.1, 0.15) is 5.82 Å². The molecule has 0 saturated carbocycles. The Hall–Kier alpha value is -3.52. The predicted octanol–water partition coefficient (Wildman–Crippen LogP) is 3.37. The SMILES string of the molecule is O=C(CSc1nc2ccccc2c(=O)n1-c1cccnc1)NCCc1ccc(F)cc1. The molecule has 0 unspecified atom stereocenters. The topological polar surface area (TPSA) is 76.9 Å². The fourth-order valence-electron chi connectivity index (χ4n) is 3.10. The Morgan fingerprint density at radius 1 is 1.06 bits per heavy atom. The first-order valence-corrected chi connectivity index (χ1v) is 10.7. The van der Waals surface area contributed by atoms with Crippen LogP contribution in [0, 0.1) is 5.82 Å². The van der Waals surface area contributed by atoms with Gasteiger partial charge in [0.15, 0.2) is 5.16 Å². The van der Waals surface area contributed by atoms with Crippen LogP contribution in [0.1, 0.15) is 5.56 Å². The van der Waals surface area contributed by atoms with Gasteiger partial charge in [0.05, 0.1) is 28.5 Å². The third kappa shape index (κ3) is 4.97. The highest BCUT2D eigenvalue weighted by Crippen LogP contribution is 2.20. The molecule has 1 amide bonds. The molecule has 0 atom stereocenters. The van der Waals surface area contributed by atoms with Crippen LogP contribution < -0.4 is 10.9 Å². The highest BCUT2D eigenvalue weighted by molar-refractivity contribution is 7.99. The number of nitrogens with one attached hydrogen (secondary N) is 1. The zero-order valence-electron chi connectivity index (χ0n) is 16.5. The summed E-state index contributed by atoms with van der Waals surface area (Å²) in [6, 6.07) is 16.8. The van der Waals surface area contributed by atoms with E-state index in [-0.39, 0.29) is 23.0 Å². The van der Waals surface area contributed by atoms with E-state index in [1.54, 1.807) is 54.9 Å². The molecule has 2 heterocycles. The van der Waals surface area contributed by atoms with Gasteiger partial charge >= 0.3 is 0 Å². The van der Waals surface area contributed by atoms with Gasteiger partial charge in [-0.25, -0.2) is 9.37 Å². The third-order valence-corrected chi connectivity index (χ3v) is 5.57. The molecule has 0 aliphatic rings. The molecule has 0 spiro atoms. The maximum Gasteiger partial charge on any atom is 0.266 e. The van der Waals surface area contributed by atoms with Gasteiger partial charge in [-0.3, -0.25) is 19.1 Å². The molecule has 31 heavy (non-hydrogen) atoms. The Morgan fingerprint density at radius 2 is 1.87 bits per heavy atom. The van der Waals surface area contributed by atoms with Crippen LogP contribution >= 0.6 is 11.8 Å². The summed E-state index contributed by atoms with van der Waals surface area (Å²) in [6.45, 7) is 0.436. The molecule has 4 rings (SSSR count). The highest BCUT2D eigenvalue weighted by atomic mass is 32.2. The molecular weight excluding hydrogens is 415 g/mol. The summed E-state index contributed by atoms with van der Waals surface area (Å²) in [5.74, 6) is -0.354. The quantitative estimate of drug-likeness (QED) is 0.357. The first-order valence-electron chi connectivity index (χ1n) is 9.68. The van der Waals surface area contributed by atoms with Crippen LogP contribution in [0.5, 0.6) is 0 Å². The Balaban J connectivity index is 1.49. The number of aromatic nitrogens is 3. The summed E-state index contributed by atoms with van der Waals surface area (Å²) in [4.78, 5) is 34.1. The molecule has 156 valence electrons. The number of amides is 1. The molecule has 0 radical (unpaired) electrons. The molecule has 0 fully saturated rings. The van der Waals surface area contributed by atoms with Gasteiger partial charge in [-0.05, 0) is 48.4 Å². The van der Waals surface area contributed by atoms with Crippen molar-refractivity contribution in [1.29, 1.82) is 0 Å². The zero-order valence-corrected chi connectivity index (χ0v) is 17.3. The molecule has 4 aromatic rings. The molecular formula is C23H19FN4O2S. The minimum atomic E-state index is -0.285. The molecule has 0 saturated heterocycles. The van der Waals surface area contributed by atoms with Crippen molar-refractivity contribution >= 4 is 28.6 Å². The lowest BCUT2D eigenvalue weighted by molar-refractivity contribution is -0.118. The fraction of sp³-hybridized carbons (Fsp3) is 0.130. The Morgan fingerprint density at radius 3 is 2.65 bits per heavy atom. The highest BCUT2D eigenvalue weighted by Gasteiger charge is 2.14. The van der Waals surface area contributed by atoms with Gasteiger partial charge in [0.2, 0.25) is 5.91 Å². The fourth-order valence-corrected chi connectivity index (χ4v) is 3.94. The minimum absolute atomic E-state index is 0.106. The van der Waals surface area contributed by atoms with Gasteiger partial charge in [0.25, 0.3) is 5.56 Å². The lowest BCUT2D eigenvalue weighted by Gasteiger charge is -2.13. The van der Waals surface area contributed by atoms with E-state index in [0.29, 0.717) is 34.7 Å². The predicted molar refractivity (Wildman–Crippen MR) is 119 cm³/mol. The number of nitrogens with zero attached hydrogens (tertiary/aromatic N) is 3. The van der Waals surface area contributed by atoms with Crippen molar-refractivity contribution in [1.82, 2.24) is 19.9 Å². The molecule has 2 aromatic carbocycles. The van der Waals surface area contributed by atoms with Gasteiger partial charge < -0.3 is 5.32 Å². The van der Waals surface area contributed by atoms with Gasteiger partial charge in [-0.2, -0.15) is 0 Å². The van der Waals surface area contributed by atoms with Crippen molar-refractivity contribution in [2.45, 2.75) is 11.6 Å². The summed E-state index contributed by atoms with van der Waals surface area (Å²) in [5, 5.41) is 3.77. The summed E-state index contributed by atoms with van der Waals surface area (Å²) in [7, 11) is 0. The van der Waals surface area contributed by atoms with Crippen molar-refractivity contribution in [3.63, 3.8) is 0 Å². The summed E-state index contributed by atoms with van der Waals surface area (Å²) in [5.41, 5.74) is 1.89. The largest absolute Gasteiger partial charge is 0.355 e. The summed E-state index contributed by atoms with van der Waals surface area (Å²) >= 11 is 1.19. The number of pyridine rings is 1. The molecule has 0 aliphatic heterocycles. The molecule has 6 nitrogen and oxygen atoms in total. The Labute approximate surface area is 182 Å². The summed E-state index contributed by atoms with van der Waals surface area (Å²) in [6.07, 6.45) is 3.82. The average Bonchev–Trinajstić information content (AvgIpc) is 2.80. The maximum atomic E-state index is 13.1. The normalized spacial score (nSPS) is 10.9. The number of benzene rings is 2. The Bertz CT molecular complexity index is 1260. The van der Waals surface area contributed by atoms with Crippen molar-refractivity contribution < 1.29 is 9.18 Å². The lowest BCUT2D eigenvalue weighted by Crippen LogP contribution is -2.28. The van der Waals surface area contributed by atoms with E-state index in [1.165, 1.54) is 28.5 Å². The van der Waals surface area contributed by atoms with Crippen molar-refractivity contribution in [2.75, 3.05) is 12.3 Å². The van der Waals surface area contributed by atoms with Crippen molar-refractivity contribution in [2.24, 2.45) is 0 Å². The summed E-state index contributed by atoms with van der Waals surface area (Å²) < 4.78 is 14.5. The van der Waals surface area contributed by atoms with Crippen molar-refractivity contribution in [3.8, 4) is 5.69 Å². The van der Waals surface area contributed by atoms with Crippen LogP contribution in [-0.4, -0.2) is 32.7 Å². The average molecular weight is 434 g/mol. The second-order valence-electron chi connectivity index (χ2n) is 6.78. The number of thioether (sulfide) groups is 1. The monoisotopic (exact) mass is 434 g/mol. The van der Waals surface area contributed by atoms with Crippen LogP contribution in [0.3, 0.4) is 0 Å². The molecule has 8 heteroatoms. The molecule has 1 N–H and O–H groups in total. The number of para-hydroxylation sites is 1. The van der Waals surface area contributed by atoms with E-state index in [4.69, 9.17) is 0 Å². The number of fused-ring (bicyclic) bond motifs is 1. The number of carbonyl (C=O) groups excluding carboxylic acids is 1. The standard InChI is InChI=1S/C23H19FN4O2S/c24-17-9-7-16(8-10-17)11-13-26-21(29)15-31-23-27-20-6-2-1-5-19(20)22(30)28(23)18-4-3-12-25-14-18/h1-10,12,14H,11,13,15H2,(H,26,29).